The standard InChI is InChI=1S/C10H11N2O2P.ClH/c1-12-7-10(15(2,13)14)8-5-3-4-6-9(8)11-12;/h3-7H,1-2H3;1H. The predicted octanol–water partition coefficient (Wildman–Crippen LogP) is -2.41. The van der Waals surface area contributed by atoms with E-state index in [2.05, 4.69) is 5.10 Å². The molecule has 0 aliphatic rings. The molecule has 16 heavy (non-hydrogen) atoms. The molecule has 0 amide bonds. The molecule has 0 spiro atoms. The third kappa shape index (κ3) is 2.40. The number of hydrogen-bond acceptors (Lipinski definition) is 2. The fourth-order valence-corrected chi connectivity index (χ4v) is 2.57. The molecule has 1 aromatic carbocycles. The van der Waals surface area contributed by atoms with Crippen LogP contribution in [0.15, 0.2) is 30.5 Å². The first kappa shape index (κ1) is 13.1. The van der Waals surface area contributed by atoms with Crippen molar-refractivity contribution in [3.05, 3.63) is 30.5 Å². The lowest BCUT2D eigenvalue weighted by molar-refractivity contribution is -0.727. The van der Waals surface area contributed by atoms with Crippen LogP contribution in [0.1, 0.15) is 0 Å². The van der Waals surface area contributed by atoms with Crippen LogP contribution in [-0.2, 0) is 11.6 Å². The lowest BCUT2D eigenvalue weighted by Gasteiger charge is -2.05. The molecule has 1 atom stereocenters. The molecule has 0 aliphatic heterocycles. The molecule has 0 fully saturated rings. The van der Waals surface area contributed by atoms with E-state index in [1.54, 1.807) is 17.9 Å². The number of hydrogen-bond donors (Lipinski definition) is 1. The molecular weight excluding hydrogens is 247 g/mol. The van der Waals surface area contributed by atoms with Gasteiger partial charge < -0.3 is 17.3 Å². The minimum atomic E-state index is -3.25. The smallest absolute Gasteiger partial charge is 0.233 e. The highest BCUT2D eigenvalue weighted by molar-refractivity contribution is 7.65. The molecule has 86 valence electrons. The van der Waals surface area contributed by atoms with Crippen LogP contribution in [0.25, 0.3) is 10.9 Å². The first-order valence-electron chi connectivity index (χ1n) is 4.55. The Morgan fingerprint density at radius 2 is 2.00 bits per heavy atom. The third-order valence-corrected chi connectivity index (χ3v) is 3.45. The number of fused-ring (bicyclic) bond motifs is 1. The van der Waals surface area contributed by atoms with Crippen molar-refractivity contribution in [1.82, 2.24) is 5.10 Å². The molecule has 0 saturated carbocycles. The monoisotopic (exact) mass is 258 g/mol. The van der Waals surface area contributed by atoms with Crippen LogP contribution in [0.4, 0.5) is 0 Å². The summed E-state index contributed by atoms with van der Waals surface area (Å²) in [6.07, 6.45) is 1.60. The summed E-state index contributed by atoms with van der Waals surface area (Å²) in [4.78, 5) is 9.63. The summed E-state index contributed by atoms with van der Waals surface area (Å²) in [6, 6.07) is 7.33. The molecule has 0 aliphatic carbocycles. The Kier molecular flexibility index (Phi) is 3.68. The van der Waals surface area contributed by atoms with Crippen LogP contribution in [-0.4, -0.2) is 16.7 Å². The van der Waals surface area contributed by atoms with Crippen molar-refractivity contribution in [2.75, 3.05) is 6.66 Å². The van der Waals surface area contributed by atoms with E-state index in [1.165, 1.54) is 6.66 Å². The largest absolute Gasteiger partial charge is 1.00 e. The van der Waals surface area contributed by atoms with Crippen molar-refractivity contribution in [3.63, 3.8) is 0 Å². The van der Waals surface area contributed by atoms with E-state index in [4.69, 9.17) is 0 Å². The lowest BCUT2D eigenvalue weighted by Crippen LogP contribution is -3.00. The summed E-state index contributed by atoms with van der Waals surface area (Å²) < 4.78 is 13.3. The van der Waals surface area contributed by atoms with E-state index >= 15 is 0 Å². The highest BCUT2D eigenvalue weighted by Gasteiger charge is 2.21. The third-order valence-electron chi connectivity index (χ3n) is 2.20. The van der Waals surface area contributed by atoms with Crippen LogP contribution in [0.5, 0.6) is 0 Å². The average molecular weight is 259 g/mol. The maximum absolute atomic E-state index is 11.7. The number of aromatic nitrogens is 2. The molecule has 1 N–H and O–H groups in total. The molecule has 2 aromatic rings. The normalized spacial score (nSPS) is 14.2. The molecule has 0 bridgehead atoms. The Hall–Kier alpha value is -0.960. The van der Waals surface area contributed by atoms with Gasteiger partial charge in [-0.2, -0.15) is 0 Å². The second kappa shape index (κ2) is 4.50. The Morgan fingerprint density at radius 3 is 2.62 bits per heavy atom. The molecule has 0 saturated heterocycles. The number of benzene rings is 1. The van der Waals surface area contributed by atoms with E-state index in [0.29, 0.717) is 5.30 Å². The SMILES string of the molecule is C[n+]1cc(P(C)(=O)O)c2ccccc2n1.[Cl-]. The molecule has 1 aromatic heterocycles. The first-order valence-corrected chi connectivity index (χ1v) is 6.66. The van der Waals surface area contributed by atoms with Gasteiger partial charge in [-0.3, -0.25) is 4.57 Å². The van der Waals surface area contributed by atoms with Gasteiger partial charge in [0.15, 0.2) is 7.05 Å². The summed E-state index contributed by atoms with van der Waals surface area (Å²) in [7, 11) is -1.51. The molecule has 2 rings (SSSR count). The Bertz CT molecular complexity index is 568. The molecule has 1 heterocycles. The first-order chi connectivity index (χ1) is 6.98. The fraction of sp³-hybridized carbons (Fsp3) is 0.200. The zero-order valence-electron chi connectivity index (χ0n) is 8.96. The van der Waals surface area contributed by atoms with Crippen molar-refractivity contribution in [2.45, 2.75) is 0 Å². The van der Waals surface area contributed by atoms with Gasteiger partial charge in [-0.25, -0.2) is 0 Å². The summed E-state index contributed by atoms with van der Waals surface area (Å²) >= 11 is 0. The van der Waals surface area contributed by atoms with Gasteiger partial charge in [0.05, 0.1) is 0 Å². The van der Waals surface area contributed by atoms with Crippen LogP contribution in [0.2, 0.25) is 0 Å². The van der Waals surface area contributed by atoms with E-state index in [-0.39, 0.29) is 12.4 Å². The zero-order valence-corrected chi connectivity index (χ0v) is 10.6. The van der Waals surface area contributed by atoms with Gasteiger partial charge in [-0.05, 0) is 11.2 Å². The van der Waals surface area contributed by atoms with E-state index in [9.17, 15) is 9.46 Å². The predicted molar refractivity (Wildman–Crippen MR) is 58.3 cm³/mol. The van der Waals surface area contributed by atoms with Crippen molar-refractivity contribution in [1.29, 1.82) is 0 Å². The number of rotatable bonds is 1. The summed E-state index contributed by atoms with van der Waals surface area (Å²) in [5.74, 6) is 0. The molecule has 6 heteroatoms. The van der Waals surface area contributed by atoms with Crippen LogP contribution in [0.3, 0.4) is 0 Å². The highest BCUT2D eigenvalue weighted by atomic mass is 35.5. The van der Waals surface area contributed by atoms with E-state index in [0.717, 1.165) is 10.9 Å². The van der Waals surface area contributed by atoms with E-state index < -0.39 is 7.37 Å². The second-order valence-electron chi connectivity index (χ2n) is 3.58. The molecule has 4 nitrogen and oxygen atoms in total. The van der Waals surface area contributed by atoms with Crippen LogP contribution < -0.4 is 22.4 Å². The van der Waals surface area contributed by atoms with Gasteiger partial charge in [-0.1, -0.05) is 22.9 Å². The number of aryl methyl sites for hydroxylation is 1. The Labute approximate surface area is 99.8 Å². The molecular formula is C10H12ClN2O2P. The second-order valence-corrected chi connectivity index (χ2v) is 5.82. The molecule has 0 radical (unpaired) electrons. The van der Waals surface area contributed by atoms with E-state index in [1.807, 2.05) is 24.3 Å². The van der Waals surface area contributed by atoms with Crippen molar-refractivity contribution >= 4 is 23.6 Å². The van der Waals surface area contributed by atoms with Gasteiger partial charge in [0.1, 0.15) is 10.8 Å². The average Bonchev–Trinajstić information content (AvgIpc) is 2.15. The van der Waals surface area contributed by atoms with Crippen molar-refractivity contribution < 1.29 is 26.5 Å². The van der Waals surface area contributed by atoms with Gasteiger partial charge in [0.2, 0.25) is 13.6 Å². The van der Waals surface area contributed by atoms with Gasteiger partial charge in [-0.15, -0.1) is 0 Å². The van der Waals surface area contributed by atoms with Crippen LogP contribution in [0, 0.1) is 0 Å². The lowest BCUT2D eigenvalue weighted by atomic mass is 10.2. The quantitative estimate of drug-likeness (QED) is 0.458. The number of halogens is 1. The summed E-state index contributed by atoms with van der Waals surface area (Å²) in [5, 5.41) is 5.43. The maximum atomic E-state index is 11.7. The minimum Gasteiger partial charge on any atom is -1.00 e. The van der Waals surface area contributed by atoms with Crippen molar-refractivity contribution in [2.24, 2.45) is 7.05 Å². The highest BCUT2D eigenvalue weighted by Crippen LogP contribution is 2.35. The summed E-state index contributed by atoms with van der Waals surface area (Å²) in [5.41, 5.74) is 0.730. The summed E-state index contributed by atoms with van der Waals surface area (Å²) in [6.45, 7) is 1.34. The Balaban J connectivity index is 0.00000128. The zero-order chi connectivity index (χ0) is 11.1. The van der Waals surface area contributed by atoms with Gasteiger partial charge >= 0.3 is 0 Å². The van der Waals surface area contributed by atoms with Gasteiger partial charge in [0, 0.05) is 12.1 Å². The van der Waals surface area contributed by atoms with Crippen LogP contribution >= 0.6 is 7.37 Å². The number of nitrogens with zero attached hydrogens (tertiary/aromatic N) is 2. The fourth-order valence-electron chi connectivity index (χ4n) is 1.55. The minimum absolute atomic E-state index is 0. The maximum Gasteiger partial charge on any atom is 0.233 e. The molecule has 1 unspecified atom stereocenters. The van der Waals surface area contributed by atoms with Gasteiger partial charge in [0.25, 0.3) is 0 Å². The topological polar surface area (TPSA) is 54.1 Å². The van der Waals surface area contributed by atoms with Crippen molar-refractivity contribution in [3.8, 4) is 0 Å². The Morgan fingerprint density at radius 1 is 1.38 bits per heavy atom.